The van der Waals surface area contributed by atoms with Crippen molar-refractivity contribution >= 4 is 40.7 Å². The Labute approximate surface area is 182 Å². The van der Waals surface area contributed by atoms with Gasteiger partial charge in [-0.25, -0.2) is 9.98 Å². The average molecular weight is 430 g/mol. The number of carbonyl (C=O) groups is 1. The topological polar surface area (TPSA) is 84.0 Å². The number of carbonyl (C=O) groups excluding carboxylic acids is 1. The van der Waals surface area contributed by atoms with Crippen molar-refractivity contribution < 1.29 is 9.90 Å². The van der Waals surface area contributed by atoms with Crippen LogP contribution in [0.4, 0.5) is 5.69 Å². The molecule has 4 rings (SSSR count). The van der Waals surface area contributed by atoms with Gasteiger partial charge in [0.05, 0.1) is 16.8 Å². The number of hydrogen-bond acceptors (Lipinski definition) is 5. The van der Waals surface area contributed by atoms with Crippen LogP contribution in [0.25, 0.3) is 11.4 Å². The first kappa shape index (κ1) is 20.3. The van der Waals surface area contributed by atoms with Gasteiger partial charge < -0.3 is 5.11 Å². The number of pyridine rings is 1. The lowest BCUT2D eigenvalue weighted by Crippen LogP contribution is -2.14. The van der Waals surface area contributed by atoms with E-state index >= 15 is 0 Å². The molecule has 0 unspecified atom stereocenters. The number of halogens is 1. The van der Waals surface area contributed by atoms with Gasteiger partial charge in [-0.05, 0) is 12.1 Å². The smallest absolute Gasteiger partial charge is 0.283 e. The summed E-state index contributed by atoms with van der Waals surface area (Å²) in [7, 11) is 0. The highest BCUT2D eigenvalue weighted by Crippen LogP contribution is 2.19. The van der Waals surface area contributed by atoms with Gasteiger partial charge in [-0.2, -0.15) is 0 Å². The van der Waals surface area contributed by atoms with E-state index in [4.69, 9.17) is 11.6 Å². The maximum absolute atomic E-state index is 13.1. The number of allylic oxidation sites excluding steroid dienone is 1. The van der Waals surface area contributed by atoms with Crippen molar-refractivity contribution in [3.63, 3.8) is 0 Å². The third-order valence-corrected chi connectivity index (χ3v) is 4.79. The molecule has 2 aromatic heterocycles. The van der Waals surface area contributed by atoms with Crippen LogP contribution in [0, 0.1) is 0 Å². The molecule has 0 bridgehead atoms. The summed E-state index contributed by atoms with van der Waals surface area (Å²) in [4.78, 5) is 34.2. The van der Waals surface area contributed by atoms with Crippen LogP contribution in [0.3, 0.4) is 0 Å². The van der Waals surface area contributed by atoms with Crippen LogP contribution < -0.4 is 5.56 Å². The molecule has 0 spiro atoms. The maximum atomic E-state index is 13.1. The van der Waals surface area contributed by atoms with Crippen LogP contribution in [-0.4, -0.2) is 26.5 Å². The number of hydrogen-bond donors (Lipinski definition) is 1. The molecule has 2 heterocycles. The van der Waals surface area contributed by atoms with Crippen LogP contribution in [0.5, 0.6) is 0 Å². The maximum Gasteiger partial charge on any atom is 0.283 e. The van der Waals surface area contributed by atoms with Crippen molar-refractivity contribution in [2.75, 3.05) is 0 Å². The van der Waals surface area contributed by atoms with E-state index in [1.54, 1.807) is 72.8 Å². The number of ketones is 1. The molecule has 0 aliphatic rings. The molecular formula is C24H16ClN3O3. The first-order valence-corrected chi connectivity index (χ1v) is 9.72. The van der Waals surface area contributed by atoms with Crippen LogP contribution >= 0.6 is 11.6 Å². The van der Waals surface area contributed by atoms with Crippen LogP contribution in [0.2, 0.25) is 5.02 Å². The molecular weight excluding hydrogens is 414 g/mol. The first-order chi connectivity index (χ1) is 15.0. The number of aliphatic hydroxyl groups is 1. The predicted molar refractivity (Wildman–Crippen MR) is 121 cm³/mol. The average Bonchev–Trinajstić information content (AvgIpc) is 2.81. The normalized spacial score (nSPS) is 12.2. The molecule has 2 aromatic carbocycles. The summed E-state index contributed by atoms with van der Waals surface area (Å²) in [6, 6.07) is 20.4. The third-order valence-electron chi connectivity index (χ3n) is 4.56. The van der Waals surface area contributed by atoms with Crippen molar-refractivity contribution in [2.45, 2.75) is 0 Å². The van der Waals surface area contributed by atoms with Crippen molar-refractivity contribution in [1.29, 1.82) is 0 Å². The summed E-state index contributed by atoms with van der Waals surface area (Å²) in [5.41, 5.74) is 0.748. The van der Waals surface area contributed by atoms with E-state index in [0.29, 0.717) is 21.8 Å². The summed E-state index contributed by atoms with van der Waals surface area (Å²) < 4.78 is 1.27. The monoisotopic (exact) mass is 429 g/mol. The first-order valence-electron chi connectivity index (χ1n) is 9.34. The second-order valence-electron chi connectivity index (χ2n) is 6.61. The fourth-order valence-corrected chi connectivity index (χ4v) is 3.15. The largest absolute Gasteiger partial charge is 0.506 e. The molecule has 0 fully saturated rings. The quantitative estimate of drug-likeness (QED) is 0.211. The molecule has 0 saturated carbocycles. The highest BCUT2D eigenvalue weighted by atomic mass is 35.5. The molecule has 152 valence electrons. The van der Waals surface area contributed by atoms with Crippen molar-refractivity contribution in [3.05, 3.63) is 117 Å². The van der Waals surface area contributed by atoms with Gasteiger partial charge in [0.25, 0.3) is 5.56 Å². The molecule has 31 heavy (non-hydrogen) atoms. The molecule has 0 amide bonds. The summed E-state index contributed by atoms with van der Waals surface area (Å²) in [5.74, 6) is -0.669. The fourth-order valence-electron chi connectivity index (χ4n) is 2.99. The van der Waals surface area contributed by atoms with Gasteiger partial charge in [0.1, 0.15) is 17.1 Å². The Hall–Kier alpha value is -4.03. The fraction of sp³-hybridized carbons (Fsp3) is 0. The number of aromatic nitrogens is 2. The van der Waals surface area contributed by atoms with E-state index in [-0.39, 0.29) is 17.0 Å². The Morgan fingerprint density at radius 2 is 1.61 bits per heavy atom. The number of fused-ring (bicyclic) bond motifs is 1. The molecule has 0 saturated heterocycles. The number of benzene rings is 2. The Bertz CT molecular complexity index is 1380. The van der Waals surface area contributed by atoms with Crippen molar-refractivity contribution in [3.8, 4) is 0 Å². The molecule has 1 N–H and O–H groups in total. The lowest BCUT2D eigenvalue weighted by molar-refractivity contribution is 0.104. The molecule has 4 aromatic rings. The van der Waals surface area contributed by atoms with Crippen LogP contribution in [0.15, 0.2) is 101 Å². The van der Waals surface area contributed by atoms with E-state index < -0.39 is 11.3 Å². The number of aliphatic hydroxyl groups excluding tert-OH is 1. The zero-order chi connectivity index (χ0) is 21.8. The van der Waals surface area contributed by atoms with Crippen molar-refractivity contribution in [2.24, 2.45) is 4.99 Å². The minimum absolute atomic E-state index is 0.000935. The van der Waals surface area contributed by atoms with Gasteiger partial charge >= 0.3 is 0 Å². The van der Waals surface area contributed by atoms with Gasteiger partial charge in [0, 0.05) is 23.5 Å². The van der Waals surface area contributed by atoms with Crippen LogP contribution in [-0.2, 0) is 0 Å². The summed E-state index contributed by atoms with van der Waals surface area (Å²) in [5, 5.41) is 11.2. The summed E-state index contributed by atoms with van der Waals surface area (Å²) >= 11 is 5.98. The van der Waals surface area contributed by atoms with Crippen molar-refractivity contribution in [1.82, 2.24) is 9.38 Å². The lowest BCUT2D eigenvalue weighted by Gasteiger charge is -2.07. The number of rotatable bonds is 5. The SMILES string of the molecule is O=C(/C(C=Nc1cnc2ccc(Cl)cn2c1=O)=C(/O)c1ccccc1)c1ccccc1. The van der Waals surface area contributed by atoms with Gasteiger partial charge in [0.2, 0.25) is 0 Å². The zero-order valence-electron chi connectivity index (χ0n) is 16.1. The van der Waals surface area contributed by atoms with E-state index in [1.807, 2.05) is 0 Å². The lowest BCUT2D eigenvalue weighted by atomic mass is 10.0. The third kappa shape index (κ3) is 4.29. The van der Waals surface area contributed by atoms with Gasteiger partial charge in [0.15, 0.2) is 5.78 Å². The number of Topliss-reactive ketones (excluding diaryl/α,β-unsaturated/α-hetero) is 1. The zero-order valence-corrected chi connectivity index (χ0v) is 16.9. The Kier molecular flexibility index (Phi) is 5.73. The van der Waals surface area contributed by atoms with Gasteiger partial charge in [-0.15, -0.1) is 0 Å². The number of nitrogens with zero attached hydrogens (tertiary/aromatic N) is 3. The van der Waals surface area contributed by atoms with E-state index in [1.165, 1.54) is 23.0 Å². The Morgan fingerprint density at radius 1 is 0.968 bits per heavy atom. The van der Waals surface area contributed by atoms with E-state index in [0.717, 1.165) is 0 Å². The second kappa shape index (κ2) is 8.77. The highest BCUT2D eigenvalue weighted by Gasteiger charge is 2.17. The van der Waals surface area contributed by atoms with Gasteiger partial charge in [-0.1, -0.05) is 72.3 Å². The summed E-state index contributed by atoms with van der Waals surface area (Å²) in [6.07, 6.45) is 3.94. The molecule has 0 aliphatic carbocycles. The minimum atomic E-state index is -0.450. The van der Waals surface area contributed by atoms with E-state index in [9.17, 15) is 14.7 Å². The van der Waals surface area contributed by atoms with Gasteiger partial charge in [-0.3, -0.25) is 14.0 Å². The standard InChI is InChI=1S/C24H16ClN3O3/c25-18-11-12-21-27-14-20(24(31)28(21)15-18)26-13-19(22(29)16-7-3-1-4-8-16)23(30)17-9-5-2-6-10-17/h1-15,29H/b22-19+,26-13?. The summed E-state index contributed by atoms with van der Waals surface area (Å²) in [6.45, 7) is 0. The predicted octanol–water partition coefficient (Wildman–Crippen LogP) is 4.90. The minimum Gasteiger partial charge on any atom is -0.506 e. The Balaban J connectivity index is 1.83. The molecule has 6 nitrogen and oxygen atoms in total. The molecule has 0 atom stereocenters. The highest BCUT2D eigenvalue weighted by molar-refractivity contribution is 6.30. The molecule has 0 aliphatic heterocycles. The van der Waals surface area contributed by atoms with Crippen LogP contribution in [0.1, 0.15) is 15.9 Å². The Morgan fingerprint density at radius 3 is 2.29 bits per heavy atom. The molecule has 0 radical (unpaired) electrons. The second-order valence-corrected chi connectivity index (χ2v) is 7.04. The van der Waals surface area contributed by atoms with E-state index in [2.05, 4.69) is 9.98 Å². The number of aliphatic imine (C=N–C) groups is 1. The molecule has 7 heteroatoms.